The first-order valence-corrected chi connectivity index (χ1v) is 14.7. The Bertz CT molecular complexity index is 1370. The van der Waals surface area contributed by atoms with Crippen molar-refractivity contribution in [3.05, 3.63) is 47.5 Å². The van der Waals surface area contributed by atoms with Gasteiger partial charge in [-0.25, -0.2) is 9.59 Å². The van der Waals surface area contributed by atoms with Crippen LogP contribution in [-0.4, -0.2) is 115 Å². The minimum absolute atomic E-state index is 0.0150. The van der Waals surface area contributed by atoms with Gasteiger partial charge in [0, 0.05) is 6.42 Å². The summed E-state index contributed by atoms with van der Waals surface area (Å²) in [5, 5.41) is 79.3. The van der Waals surface area contributed by atoms with Crippen LogP contribution in [0.3, 0.4) is 0 Å². The van der Waals surface area contributed by atoms with Crippen LogP contribution in [0.15, 0.2) is 36.4 Å². The number of phenols is 1. The summed E-state index contributed by atoms with van der Waals surface area (Å²) in [6.07, 6.45) is -13.5. The molecule has 0 amide bonds. The van der Waals surface area contributed by atoms with Gasteiger partial charge in [0.05, 0.1) is 13.2 Å². The van der Waals surface area contributed by atoms with Gasteiger partial charge in [-0.05, 0) is 60.1 Å². The van der Waals surface area contributed by atoms with Crippen molar-refractivity contribution in [3.63, 3.8) is 0 Å². The normalized spacial score (nSPS) is 31.0. The van der Waals surface area contributed by atoms with Gasteiger partial charge in [-0.2, -0.15) is 0 Å². The average molecular weight is 653 g/mol. The molecule has 15 nitrogen and oxygen atoms in total. The Labute approximate surface area is 264 Å². The number of phenolic OH excluding ortho intramolecular Hbond substituents is 1. The molecule has 2 saturated heterocycles. The molecule has 0 aromatic heterocycles. The highest BCUT2D eigenvalue weighted by Crippen LogP contribution is 2.35. The number of aromatic hydroxyl groups is 1. The Morgan fingerprint density at radius 2 is 1.28 bits per heavy atom. The largest absolute Gasteiger partial charge is 0.504 e. The molecule has 11 atom stereocenters. The molecule has 4 rings (SSSR count). The highest BCUT2D eigenvalue weighted by Gasteiger charge is 2.48. The van der Waals surface area contributed by atoms with E-state index in [2.05, 4.69) is 6.92 Å². The Morgan fingerprint density at radius 3 is 1.85 bits per heavy atom. The number of carboxylic acids is 2. The molecule has 254 valence electrons. The van der Waals surface area contributed by atoms with Gasteiger partial charge in [0.15, 0.2) is 35.2 Å². The van der Waals surface area contributed by atoms with Crippen LogP contribution in [0.25, 0.3) is 0 Å². The highest BCUT2D eigenvalue weighted by atomic mass is 16.7. The number of aliphatic hydroxyl groups is 5. The van der Waals surface area contributed by atoms with Crippen LogP contribution in [0.2, 0.25) is 0 Å². The quantitative estimate of drug-likeness (QED) is 0.151. The molecule has 2 heterocycles. The Balaban J connectivity index is 1.36. The minimum atomic E-state index is -1.84. The van der Waals surface area contributed by atoms with Crippen molar-refractivity contribution in [1.82, 2.24) is 0 Å². The molecule has 0 aliphatic carbocycles. The zero-order valence-corrected chi connectivity index (χ0v) is 25.4. The first kappa shape index (κ1) is 35.2. The van der Waals surface area contributed by atoms with E-state index >= 15 is 0 Å². The van der Waals surface area contributed by atoms with Crippen LogP contribution < -0.4 is 14.2 Å². The molecule has 15 heteroatoms. The van der Waals surface area contributed by atoms with E-state index in [-0.39, 0.29) is 41.3 Å². The summed E-state index contributed by atoms with van der Waals surface area (Å²) in [6.45, 7) is 4.10. The topological polar surface area (TPSA) is 242 Å². The fourth-order valence-electron chi connectivity index (χ4n) is 5.41. The second kappa shape index (κ2) is 14.8. The molecular formula is C31H40O15. The number of aliphatic carboxylic acids is 2. The van der Waals surface area contributed by atoms with Gasteiger partial charge in [-0.3, -0.25) is 0 Å². The number of rotatable bonds is 12. The Hall–Kier alpha value is -3.70. The van der Waals surface area contributed by atoms with E-state index in [9.17, 15) is 50.4 Å². The predicted octanol–water partition coefficient (Wildman–Crippen LogP) is 0.0294. The van der Waals surface area contributed by atoms with E-state index < -0.39 is 67.2 Å². The third-order valence-electron chi connectivity index (χ3n) is 8.31. The first-order valence-electron chi connectivity index (χ1n) is 14.7. The van der Waals surface area contributed by atoms with Gasteiger partial charge in [0.1, 0.15) is 24.4 Å². The minimum Gasteiger partial charge on any atom is -0.504 e. The molecule has 46 heavy (non-hydrogen) atoms. The maximum Gasteiger partial charge on any atom is 0.335 e. The molecule has 8 N–H and O–H groups in total. The molecule has 2 aromatic carbocycles. The van der Waals surface area contributed by atoms with Crippen LogP contribution in [-0.2, 0) is 31.9 Å². The van der Waals surface area contributed by atoms with Gasteiger partial charge in [0.25, 0.3) is 0 Å². The van der Waals surface area contributed by atoms with E-state index in [0.717, 1.165) is 11.1 Å². The number of carbonyl (C=O) groups is 2. The number of aliphatic hydroxyl groups excluding tert-OH is 5. The Morgan fingerprint density at radius 1 is 0.739 bits per heavy atom. The van der Waals surface area contributed by atoms with Gasteiger partial charge in [0.2, 0.25) is 12.6 Å². The zero-order valence-electron chi connectivity index (χ0n) is 25.4. The standard InChI is InChI=1S/C31H40O15/c1-13(8-15-4-6-20(17(32)10-15)43-30-19(34)12-18(33)26(45-30)28(38)39)14(2)9-16-5-7-21(22(11-16)42-3)44-31-25(37)23(35)24(36)27(46-31)29(40)41/h4-7,10-11,13-14,18-19,23-27,30-37H,8-9,12H2,1-3H3,(H,38,39)(H,40,41)/t13?,14?,18-,19+,23-,24-,25+,26-,27-,30+,31+/m0/s1. The maximum atomic E-state index is 11.4. The molecule has 0 spiro atoms. The van der Waals surface area contributed by atoms with E-state index in [0.29, 0.717) is 12.8 Å². The predicted molar refractivity (Wildman–Crippen MR) is 155 cm³/mol. The lowest BCUT2D eigenvalue weighted by molar-refractivity contribution is -0.271. The summed E-state index contributed by atoms with van der Waals surface area (Å²) < 4.78 is 27.0. The van der Waals surface area contributed by atoms with Crippen molar-refractivity contribution in [2.24, 2.45) is 11.8 Å². The molecular weight excluding hydrogens is 612 g/mol. The van der Waals surface area contributed by atoms with Gasteiger partial charge in [-0.1, -0.05) is 26.0 Å². The summed E-state index contributed by atoms with van der Waals surface area (Å²) in [5.41, 5.74) is 1.68. The SMILES string of the molecule is COc1cc(CC(C)C(C)Cc2ccc(O[C@@H]3O[C@H](C(=O)O)[C@@H](O)C[C@H]3O)c(O)c2)ccc1O[C@@H]1O[C@H](C(=O)O)[C@@H](O)[C@H](O)[C@H]1O. The summed E-state index contributed by atoms with van der Waals surface area (Å²) in [5.74, 6) is -2.50. The molecule has 2 unspecified atom stereocenters. The van der Waals surface area contributed by atoms with Crippen molar-refractivity contribution >= 4 is 11.9 Å². The Kier molecular flexibility index (Phi) is 11.3. The van der Waals surface area contributed by atoms with Crippen molar-refractivity contribution in [3.8, 4) is 23.0 Å². The molecule has 2 aliphatic heterocycles. The number of ether oxygens (including phenoxy) is 5. The third kappa shape index (κ3) is 7.98. The van der Waals surface area contributed by atoms with Crippen LogP contribution in [0.4, 0.5) is 0 Å². The number of hydrogen-bond acceptors (Lipinski definition) is 13. The average Bonchev–Trinajstić information content (AvgIpc) is 3.00. The second-order valence-electron chi connectivity index (χ2n) is 11.8. The smallest absolute Gasteiger partial charge is 0.335 e. The van der Waals surface area contributed by atoms with E-state index in [1.165, 1.54) is 19.2 Å². The molecule has 2 aromatic rings. The fourth-order valence-corrected chi connectivity index (χ4v) is 5.41. The number of methoxy groups -OCH3 is 1. The maximum absolute atomic E-state index is 11.4. The number of carboxylic acid groups (broad SMARTS) is 2. The second-order valence-corrected chi connectivity index (χ2v) is 11.8. The number of hydrogen-bond donors (Lipinski definition) is 8. The molecule has 2 fully saturated rings. The van der Waals surface area contributed by atoms with Crippen LogP contribution in [0, 0.1) is 11.8 Å². The summed E-state index contributed by atoms with van der Waals surface area (Å²) >= 11 is 0. The van der Waals surface area contributed by atoms with Crippen molar-refractivity contribution < 1.29 is 74.1 Å². The highest BCUT2D eigenvalue weighted by molar-refractivity contribution is 5.73. The van der Waals surface area contributed by atoms with Crippen LogP contribution >= 0.6 is 0 Å². The van der Waals surface area contributed by atoms with Gasteiger partial charge in [-0.15, -0.1) is 0 Å². The lowest BCUT2D eigenvalue weighted by Gasteiger charge is -2.38. The van der Waals surface area contributed by atoms with Crippen molar-refractivity contribution in [2.45, 2.75) is 88.4 Å². The lowest BCUT2D eigenvalue weighted by atomic mass is 9.85. The van der Waals surface area contributed by atoms with Crippen LogP contribution in [0.5, 0.6) is 23.0 Å². The molecule has 0 bridgehead atoms. The van der Waals surface area contributed by atoms with E-state index in [1.807, 2.05) is 6.92 Å². The molecule has 0 radical (unpaired) electrons. The summed E-state index contributed by atoms with van der Waals surface area (Å²) in [6, 6.07) is 9.80. The van der Waals surface area contributed by atoms with Crippen LogP contribution in [0.1, 0.15) is 31.4 Å². The van der Waals surface area contributed by atoms with Gasteiger partial charge < -0.3 is 64.5 Å². The number of benzene rings is 2. The van der Waals surface area contributed by atoms with E-state index in [4.69, 9.17) is 23.7 Å². The summed E-state index contributed by atoms with van der Waals surface area (Å²) in [7, 11) is 1.41. The summed E-state index contributed by atoms with van der Waals surface area (Å²) in [4.78, 5) is 22.7. The fraction of sp³-hybridized carbons (Fsp3) is 0.548. The van der Waals surface area contributed by atoms with Crippen molar-refractivity contribution in [1.29, 1.82) is 0 Å². The molecule has 0 saturated carbocycles. The zero-order chi connectivity index (χ0) is 33.9. The van der Waals surface area contributed by atoms with Gasteiger partial charge >= 0.3 is 11.9 Å². The first-order chi connectivity index (χ1) is 21.7. The lowest BCUT2D eigenvalue weighted by Crippen LogP contribution is -2.61. The van der Waals surface area contributed by atoms with Crippen molar-refractivity contribution in [2.75, 3.05) is 7.11 Å². The third-order valence-corrected chi connectivity index (χ3v) is 8.31. The monoisotopic (exact) mass is 652 g/mol. The van der Waals surface area contributed by atoms with E-state index in [1.54, 1.807) is 24.3 Å². The molecule has 2 aliphatic rings.